The van der Waals surface area contributed by atoms with E-state index in [2.05, 4.69) is 4.98 Å². The maximum Gasteiger partial charge on any atom is 0.348 e. The number of carbonyl (C=O) groups excluding carboxylic acids is 2. The topological polar surface area (TPSA) is 87.5 Å². The van der Waals surface area contributed by atoms with Gasteiger partial charge in [-0.25, -0.2) is 9.78 Å². The smallest absolute Gasteiger partial charge is 0.348 e. The lowest BCUT2D eigenvalue weighted by molar-refractivity contribution is -0.149. The first-order chi connectivity index (χ1) is 14.4. The molecule has 0 radical (unpaired) electrons. The highest BCUT2D eigenvalue weighted by Crippen LogP contribution is 2.27. The van der Waals surface area contributed by atoms with Gasteiger partial charge >= 0.3 is 11.9 Å². The van der Waals surface area contributed by atoms with E-state index in [4.69, 9.17) is 9.47 Å². The summed E-state index contributed by atoms with van der Waals surface area (Å²) in [5.41, 5.74) is 1.22. The standard InChI is InChI=1S/C22H24N2O5S/c1-4-14(2)29-17(25)12-24-13-23-20-18(21(24)26)15(3)19(30-20)22(27)28-11-10-16-8-6-5-7-9-16/h5-9,13-14H,4,10-12H2,1-3H3. The molecule has 0 amide bonds. The van der Waals surface area contributed by atoms with Gasteiger partial charge in [-0.3, -0.25) is 14.2 Å². The number of fused-ring (bicyclic) bond motifs is 1. The minimum absolute atomic E-state index is 0.218. The van der Waals surface area contributed by atoms with Gasteiger partial charge in [0.15, 0.2) is 0 Å². The first kappa shape index (κ1) is 21.7. The van der Waals surface area contributed by atoms with Crippen molar-refractivity contribution in [1.29, 1.82) is 0 Å². The van der Waals surface area contributed by atoms with Crippen molar-refractivity contribution < 1.29 is 19.1 Å². The number of hydrogen-bond donors (Lipinski definition) is 0. The molecule has 0 aliphatic rings. The average Bonchev–Trinajstić information content (AvgIpc) is 3.08. The van der Waals surface area contributed by atoms with Crippen LogP contribution in [0.15, 0.2) is 41.5 Å². The van der Waals surface area contributed by atoms with E-state index in [9.17, 15) is 14.4 Å². The quantitative estimate of drug-likeness (QED) is 0.510. The highest BCUT2D eigenvalue weighted by Gasteiger charge is 2.21. The minimum atomic E-state index is -0.499. The van der Waals surface area contributed by atoms with Gasteiger partial charge in [0.25, 0.3) is 5.56 Å². The Hall–Kier alpha value is -3.00. The van der Waals surface area contributed by atoms with E-state index >= 15 is 0 Å². The third-order valence-electron chi connectivity index (χ3n) is 4.78. The Morgan fingerprint density at radius 3 is 2.67 bits per heavy atom. The van der Waals surface area contributed by atoms with E-state index < -0.39 is 11.9 Å². The molecule has 1 unspecified atom stereocenters. The Kier molecular flexibility index (Phi) is 6.99. The van der Waals surface area contributed by atoms with Crippen LogP contribution in [0.5, 0.6) is 0 Å². The van der Waals surface area contributed by atoms with E-state index in [0.29, 0.717) is 33.5 Å². The van der Waals surface area contributed by atoms with Crippen molar-refractivity contribution in [2.45, 2.75) is 46.3 Å². The van der Waals surface area contributed by atoms with Crippen molar-refractivity contribution in [2.75, 3.05) is 6.61 Å². The summed E-state index contributed by atoms with van der Waals surface area (Å²) in [5, 5.41) is 0.328. The SMILES string of the molecule is CCC(C)OC(=O)Cn1cnc2sc(C(=O)OCCc3ccccc3)c(C)c2c1=O. The van der Waals surface area contributed by atoms with Gasteiger partial charge in [0.1, 0.15) is 16.3 Å². The highest BCUT2D eigenvalue weighted by atomic mass is 32.1. The second-order valence-corrected chi connectivity index (χ2v) is 7.99. The molecule has 0 N–H and O–H groups in total. The number of thiophene rings is 1. The molecule has 0 saturated carbocycles. The number of aromatic nitrogens is 2. The van der Waals surface area contributed by atoms with Crippen LogP contribution < -0.4 is 5.56 Å². The zero-order valence-corrected chi connectivity index (χ0v) is 18.0. The molecule has 8 heteroatoms. The van der Waals surface area contributed by atoms with E-state index in [0.717, 1.165) is 16.9 Å². The second kappa shape index (κ2) is 9.67. The number of aryl methyl sites for hydroxylation is 1. The molecule has 30 heavy (non-hydrogen) atoms. The number of hydrogen-bond acceptors (Lipinski definition) is 7. The van der Waals surface area contributed by atoms with E-state index in [1.54, 1.807) is 13.8 Å². The summed E-state index contributed by atoms with van der Waals surface area (Å²) in [5.74, 6) is -0.977. The Balaban J connectivity index is 1.75. The zero-order chi connectivity index (χ0) is 21.7. The van der Waals surface area contributed by atoms with Crippen LogP contribution in [-0.4, -0.2) is 34.2 Å². The lowest BCUT2D eigenvalue weighted by Gasteiger charge is -2.11. The number of esters is 2. The van der Waals surface area contributed by atoms with E-state index in [1.807, 2.05) is 37.3 Å². The molecule has 1 aromatic carbocycles. The predicted octanol–water partition coefficient (Wildman–Crippen LogP) is 3.51. The van der Waals surface area contributed by atoms with Crippen molar-refractivity contribution in [3.8, 4) is 0 Å². The Morgan fingerprint density at radius 2 is 1.97 bits per heavy atom. The van der Waals surface area contributed by atoms with E-state index in [1.165, 1.54) is 10.9 Å². The maximum atomic E-state index is 12.8. The van der Waals surface area contributed by atoms with Crippen LogP contribution in [0.2, 0.25) is 0 Å². The number of carbonyl (C=O) groups is 2. The molecule has 3 aromatic rings. The lowest BCUT2D eigenvalue weighted by Crippen LogP contribution is -2.27. The second-order valence-electron chi connectivity index (χ2n) is 6.99. The Morgan fingerprint density at radius 1 is 1.23 bits per heavy atom. The molecule has 158 valence electrons. The number of benzene rings is 1. The van der Waals surface area contributed by atoms with Gasteiger partial charge in [0.05, 0.1) is 24.4 Å². The zero-order valence-electron chi connectivity index (χ0n) is 17.2. The van der Waals surface area contributed by atoms with Crippen molar-refractivity contribution in [1.82, 2.24) is 9.55 Å². The molecule has 0 bridgehead atoms. The van der Waals surface area contributed by atoms with Gasteiger partial charge in [0, 0.05) is 6.42 Å². The summed E-state index contributed by atoms with van der Waals surface area (Å²) in [4.78, 5) is 42.4. The molecular weight excluding hydrogens is 404 g/mol. The number of nitrogens with zero attached hydrogens (tertiary/aromatic N) is 2. The van der Waals surface area contributed by atoms with Crippen LogP contribution in [0, 0.1) is 6.92 Å². The minimum Gasteiger partial charge on any atom is -0.461 e. The Labute approximate surface area is 178 Å². The molecule has 0 aliphatic carbocycles. The third-order valence-corrected chi connectivity index (χ3v) is 5.96. The van der Waals surface area contributed by atoms with Crippen LogP contribution in [0.1, 0.15) is 41.1 Å². The normalized spacial score (nSPS) is 12.0. The third kappa shape index (κ3) is 4.94. The van der Waals surface area contributed by atoms with Gasteiger partial charge in [0.2, 0.25) is 0 Å². The van der Waals surface area contributed by atoms with Gasteiger partial charge in [-0.15, -0.1) is 11.3 Å². The molecule has 0 aliphatic heterocycles. The summed E-state index contributed by atoms with van der Waals surface area (Å²) in [6, 6.07) is 9.74. The monoisotopic (exact) mass is 428 g/mol. The summed E-state index contributed by atoms with van der Waals surface area (Å²) >= 11 is 1.12. The van der Waals surface area contributed by atoms with Gasteiger partial charge < -0.3 is 9.47 Å². The highest BCUT2D eigenvalue weighted by molar-refractivity contribution is 7.20. The molecule has 3 rings (SSSR count). The number of ether oxygens (including phenoxy) is 2. The first-order valence-corrected chi connectivity index (χ1v) is 10.6. The molecule has 0 fully saturated rings. The van der Waals surface area contributed by atoms with Crippen molar-refractivity contribution >= 4 is 33.5 Å². The number of rotatable bonds is 8. The van der Waals surface area contributed by atoms with E-state index in [-0.39, 0.29) is 24.8 Å². The van der Waals surface area contributed by atoms with Crippen molar-refractivity contribution in [3.05, 3.63) is 63.0 Å². The fourth-order valence-electron chi connectivity index (χ4n) is 2.92. The van der Waals surface area contributed by atoms with Gasteiger partial charge in [-0.2, -0.15) is 0 Å². The molecule has 2 aromatic heterocycles. The fraction of sp³-hybridized carbons (Fsp3) is 0.364. The fourth-order valence-corrected chi connectivity index (χ4v) is 3.96. The van der Waals surface area contributed by atoms with Crippen molar-refractivity contribution in [3.63, 3.8) is 0 Å². The van der Waals surface area contributed by atoms with Crippen LogP contribution in [0.3, 0.4) is 0 Å². The summed E-state index contributed by atoms with van der Waals surface area (Å²) < 4.78 is 11.8. The van der Waals surface area contributed by atoms with Crippen molar-refractivity contribution in [2.24, 2.45) is 0 Å². The molecule has 0 spiro atoms. The van der Waals surface area contributed by atoms with Gasteiger partial charge in [-0.1, -0.05) is 37.3 Å². The molecule has 2 heterocycles. The summed E-state index contributed by atoms with van der Waals surface area (Å²) in [7, 11) is 0. The molecule has 1 atom stereocenters. The predicted molar refractivity (Wildman–Crippen MR) is 115 cm³/mol. The Bertz CT molecular complexity index is 1100. The largest absolute Gasteiger partial charge is 0.461 e. The average molecular weight is 429 g/mol. The van der Waals surface area contributed by atoms with Crippen LogP contribution in [0.25, 0.3) is 10.2 Å². The maximum absolute atomic E-state index is 12.8. The molecule has 7 nitrogen and oxygen atoms in total. The van der Waals surface area contributed by atoms with Crippen LogP contribution in [-0.2, 0) is 27.2 Å². The van der Waals surface area contributed by atoms with Crippen LogP contribution in [0.4, 0.5) is 0 Å². The lowest BCUT2D eigenvalue weighted by atomic mass is 10.2. The summed E-state index contributed by atoms with van der Waals surface area (Å²) in [6.45, 7) is 5.42. The molecular formula is C22H24N2O5S. The van der Waals surface area contributed by atoms with Crippen LogP contribution >= 0.6 is 11.3 Å². The first-order valence-electron chi connectivity index (χ1n) is 9.79. The molecule has 0 saturated heterocycles. The van der Waals surface area contributed by atoms with Gasteiger partial charge in [-0.05, 0) is 31.4 Å². The summed E-state index contributed by atoms with van der Waals surface area (Å²) in [6.07, 6.45) is 2.39.